The molecule has 1 atom stereocenters. The number of nitrogens with two attached hydrogens (primary N) is 1. The summed E-state index contributed by atoms with van der Waals surface area (Å²) >= 11 is 6.05. The van der Waals surface area contributed by atoms with Crippen LogP contribution in [0, 0.1) is 0 Å². The van der Waals surface area contributed by atoms with E-state index < -0.39 is 0 Å². The molecule has 0 fully saturated rings. The van der Waals surface area contributed by atoms with Crippen LogP contribution >= 0.6 is 11.6 Å². The number of hydrogen-bond donors (Lipinski definition) is 1. The van der Waals surface area contributed by atoms with Crippen LogP contribution in [0.3, 0.4) is 0 Å². The summed E-state index contributed by atoms with van der Waals surface area (Å²) in [5.74, 6) is 0.810. The highest BCUT2D eigenvalue weighted by Gasteiger charge is 2.10. The highest BCUT2D eigenvalue weighted by molar-refractivity contribution is 6.31. The van der Waals surface area contributed by atoms with Crippen LogP contribution in [0.2, 0.25) is 5.02 Å². The van der Waals surface area contributed by atoms with Crippen molar-refractivity contribution in [3.05, 3.63) is 58.9 Å². The van der Waals surface area contributed by atoms with Crippen LogP contribution in [0.1, 0.15) is 30.5 Å². The molecule has 0 aliphatic rings. The van der Waals surface area contributed by atoms with Crippen LogP contribution in [-0.2, 0) is 6.61 Å². The third kappa shape index (κ3) is 3.46. The van der Waals surface area contributed by atoms with Crippen molar-refractivity contribution in [2.45, 2.75) is 26.0 Å². The molecule has 0 aliphatic carbocycles. The third-order valence-corrected chi connectivity index (χ3v) is 3.34. The van der Waals surface area contributed by atoms with Gasteiger partial charge in [0.15, 0.2) is 0 Å². The highest BCUT2D eigenvalue weighted by Crippen LogP contribution is 2.26. The summed E-state index contributed by atoms with van der Waals surface area (Å²) in [5, 5.41) is 0.611. The maximum absolute atomic E-state index is 6.08. The molecule has 0 bridgehead atoms. The summed E-state index contributed by atoms with van der Waals surface area (Å²) in [6.45, 7) is 2.47. The fraction of sp³-hybridized carbons (Fsp3) is 0.267. The van der Waals surface area contributed by atoms with Crippen molar-refractivity contribution < 1.29 is 4.74 Å². The molecule has 0 spiro atoms. The number of nitrogens with zero attached hydrogens (tertiary/aromatic N) is 1. The van der Waals surface area contributed by atoms with Crippen LogP contribution in [0.15, 0.2) is 42.7 Å². The Morgan fingerprint density at radius 2 is 2.11 bits per heavy atom. The average Bonchev–Trinajstić information content (AvgIpc) is 2.46. The number of halogens is 1. The Bertz CT molecular complexity index is 545. The molecule has 19 heavy (non-hydrogen) atoms. The van der Waals surface area contributed by atoms with E-state index in [0.717, 1.165) is 23.3 Å². The largest absolute Gasteiger partial charge is 0.489 e. The number of ether oxygens (including phenoxy) is 1. The summed E-state index contributed by atoms with van der Waals surface area (Å²) in [6.07, 6.45) is 4.19. The zero-order chi connectivity index (χ0) is 13.7. The molecule has 0 amide bonds. The van der Waals surface area contributed by atoms with Gasteiger partial charge in [0.05, 0.1) is 5.02 Å². The minimum Gasteiger partial charge on any atom is -0.489 e. The van der Waals surface area contributed by atoms with E-state index in [-0.39, 0.29) is 6.04 Å². The standard InChI is InChI=1S/C15H17ClN2O/c1-2-14(17)12-5-3-4-6-15(12)19-10-11-7-8-18-9-13(11)16/h3-9,14H,2,10,17H2,1H3. The topological polar surface area (TPSA) is 48.1 Å². The Balaban J connectivity index is 2.14. The first-order valence-corrected chi connectivity index (χ1v) is 6.66. The number of pyridine rings is 1. The maximum atomic E-state index is 6.08. The molecule has 1 aromatic carbocycles. The monoisotopic (exact) mass is 276 g/mol. The van der Waals surface area contributed by atoms with Crippen molar-refractivity contribution in [1.29, 1.82) is 0 Å². The van der Waals surface area contributed by atoms with Gasteiger partial charge in [0, 0.05) is 29.6 Å². The van der Waals surface area contributed by atoms with Gasteiger partial charge in [-0.25, -0.2) is 0 Å². The second kappa shape index (κ2) is 6.55. The minimum atomic E-state index is -0.0101. The van der Waals surface area contributed by atoms with Crippen LogP contribution < -0.4 is 10.5 Å². The first kappa shape index (κ1) is 13.8. The number of rotatable bonds is 5. The van der Waals surface area contributed by atoms with E-state index in [2.05, 4.69) is 11.9 Å². The van der Waals surface area contributed by atoms with E-state index in [9.17, 15) is 0 Å². The van der Waals surface area contributed by atoms with E-state index in [1.54, 1.807) is 12.4 Å². The fourth-order valence-corrected chi connectivity index (χ4v) is 1.99. The van der Waals surface area contributed by atoms with Gasteiger partial charge in [-0.05, 0) is 18.6 Å². The lowest BCUT2D eigenvalue weighted by Gasteiger charge is -2.15. The third-order valence-electron chi connectivity index (χ3n) is 3.00. The Hall–Kier alpha value is -1.58. The molecule has 1 unspecified atom stereocenters. The van der Waals surface area contributed by atoms with Crippen LogP contribution in [0.5, 0.6) is 5.75 Å². The molecule has 2 N–H and O–H groups in total. The predicted molar refractivity (Wildman–Crippen MR) is 77.2 cm³/mol. The molecule has 0 radical (unpaired) electrons. The van der Waals surface area contributed by atoms with Crippen LogP contribution in [0.25, 0.3) is 0 Å². The second-order valence-electron chi connectivity index (χ2n) is 4.31. The molecule has 3 nitrogen and oxygen atoms in total. The lowest BCUT2D eigenvalue weighted by atomic mass is 10.0. The number of benzene rings is 1. The van der Waals surface area contributed by atoms with Crippen LogP contribution in [-0.4, -0.2) is 4.98 Å². The molecule has 4 heteroatoms. The summed E-state index contributed by atoms with van der Waals surface area (Å²) in [7, 11) is 0. The van der Waals surface area contributed by atoms with Gasteiger partial charge in [0.2, 0.25) is 0 Å². The predicted octanol–water partition coefficient (Wildman–Crippen LogP) is 3.72. The molecule has 100 valence electrons. The smallest absolute Gasteiger partial charge is 0.124 e. The lowest BCUT2D eigenvalue weighted by Crippen LogP contribution is -2.10. The van der Waals surface area contributed by atoms with Gasteiger partial charge < -0.3 is 10.5 Å². The van der Waals surface area contributed by atoms with E-state index in [1.165, 1.54) is 0 Å². The first-order valence-electron chi connectivity index (χ1n) is 6.28. The van der Waals surface area contributed by atoms with E-state index in [4.69, 9.17) is 22.1 Å². The summed E-state index contributed by atoms with van der Waals surface area (Å²) in [6, 6.07) is 9.68. The quantitative estimate of drug-likeness (QED) is 0.905. The molecule has 0 saturated carbocycles. The van der Waals surface area contributed by atoms with Crippen LogP contribution in [0.4, 0.5) is 0 Å². The van der Waals surface area contributed by atoms with Gasteiger partial charge in [0.25, 0.3) is 0 Å². The van der Waals surface area contributed by atoms with Crippen molar-refractivity contribution in [2.24, 2.45) is 5.73 Å². The molecule has 0 aliphatic heterocycles. The average molecular weight is 277 g/mol. The number of para-hydroxylation sites is 1. The summed E-state index contributed by atoms with van der Waals surface area (Å²) < 4.78 is 5.83. The SMILES string of the molecule is CCC(N)c1ccccc1OCc1ccncc1Cl. The Labute approximate surface area is 118 Å². The van der Waals surface area contributed by atoms with Gasteiger partial charge in [-0.1, -0.05) is 36.7 Å². The zero-order valence-corrected chi connectivity index (χ0v) is 11.6. The van der Waals surface area contributed by atoms with Crippen molar-refractivity contribution in [3.63, 3.8) is 0 Å². The van der Waals surface area contributed by atoms with Crippen molar-refractivity contribution in [2.75, 3.05) is 0 Å². The minimum absolute atomic E-state index is 0.0101. The summed E-state index contributed by atoms with van der Waals surface area (Å²) in [5.41, 5.74) is 8.01. The maximum Gasteiger partial charge on any atom is 0.124 e. The number of hydrogen-bond acceptors (Lipinski definition) is 3. The lowest BCUT2D eigenvalue weighted by molar-refractivity contribution is 0.300. The Morgan fingerprint density at radius 1 is 1.32 bits per heavy atom. The van der Waals surface area contributed by atoms with Crippen molar-refractivity contribution in [3.8, 4) is 5.75 Å². The van der Waals surface area contributed by atoms with Gasteiger partial charge in [-0.15, -0.1) is 0 Å². The molecule has 0 saturated heterocycles. The zero-order valence-electron chi connectivity index (χ0n) is 10.8. The van der Waals surface area contributed by atoms with Gasteiger partial charge in [-0.2, -0.15) is 0 Å². The Kier molecular flexibility index (Phi) is 4.77. The van der Waals surface area contributed by atoms with E-state index >= 15 is 0 Å². The molecule has 2 rings (SSSR count). The highest BCUT2D eigenvalue weighted by atomic mass is 35.5. The summed E-state index contributed by atoms with van der Waals surface area (Å²) in [4.78, 5) is 3.95. The molecule has 1 heterocycles. The molecular weight excluding hydrogens is 260 g/mol. The second-order valence-corrected chi connectivity index (χ2v) is 4.72. The fourth-order valence-electron chi connectivity index (χ4n) is 1.81. The molecule has 1 aromatic heterocycles. The van der Waals surface area contributed by atoms with E-state index in [0.29, 0.717) is 11.6 Å². The normalized spacial score (nSPS) is 12.2. The molecular formula is C15H17ClN2O. The number of aromatic nitrogens is 1. The van der Waals surface area contributed by atoms with Gasteiger partial charge in [0.1, 0.15) is 12.4 Å². The first-order chi connectivity index (χ1) is 9.22. The molecule has 2 aromatic rings. The Morgan fingerprint density at radius 3 is 2.84 bits per heavy atom. The van der Waals surface area contributed by atoms with Gasteiger partial charge >= 0.3 is 0 Å². The van der Waals surface area contributed by atoms with Crippen molar-refractivity contribution >= 4 is 11.6 Å². The van der Waals surface area contributed by atoms with E-state index in [1.807, 2.05) is 30.3 Å². The van der Waals surface area contributed by atoms with Gasteiger partial charge in [-0.3, -0.25) is 4.98 Å². The van der Waals surface area contributed by atoms with Crippen molar-refractivity contribution in [1.82, 2.24) is 4.98 Å².